The van der Waals surface area contributed by atoms with Gasteiger partial charge in [-0.25, -0.2) is 0 Å². The Bertz CT molecular complexity index is 402. The normalized spacial score (nSPS) is 13.0. The van der Waals surface area contributed by atoms with Crippen LogP contribution >= 0.6 is 22.1 Å². The zero-order valence-electron chi connectivity index (χ0n) is 7.39. The van der Waals surface area contributed by atoms with Gasteiger partial charge >= 0.3 is 10.6 Å². The van der Waals surface area contributed by atoms with Crippen LogP contribution in [0.25, 0.3) is 0 Å². The lowest BCUT2D eigenvalue weighted by Gasteiger charge is -2.03. The topological polar surface area (TPSA) is 53.0 Å². The molecule has 0 fully saturated rings. The van der Waals surface area contributed by atoms with E-state index in [1.54, 1.807) is 0 Å². The van der Waals surface area contributed by atoms with Crippen LogP contribution < -0.4 is 5.11 Å². The van der Waals surface area contributed by atoms with Crippen LogP contribution in [-0.4, -0.2) is 11.0 Å². The SMILES string of the molecule is CC[s+]1c(Cl)nc(C(F)(F)F)c1C(=O)[O-]. The molecule has 0 spiro atoms. The van der Waals surface area contributed by atoms with Crippen molar-refractivity contribution in [2.24, 2.45) is 0 Å². The number of aromatic carboxylic acids is 1. The molecule has 0 aromatic carbocycles. The summed E-state index contributed by atoms with van der Waals surface area (Å²) >= 11 is 5.45. The number of carbonyl (C=O) groups excluding carboxylic acids is 1. The number of aromatic nitrogens is 1. The van der Waals surface area contributed by atoms with E-state index in [1.807, 2.05) is 0 Å². The fourth-order valence-electron chi connectivity index (χ4n) is 1.05. The van der Waals surface area contributed by atoms with Crippen LogP contribution in [0.2, 0.25) is 4.47 Å². The number of hydrogen-bond acceptors (Lipinski definition) is 3. The first-order chi connectivity index (χ1) is 6.79. The second-order valence-corrected chi connectivity index (χ2v) is 5.24. The molecule has 84 valence electrons. The third-order valence-electron chi connectivity index (χ3n) is 1.61. The van der Waals surface area contributed by atoms with Gasteiger partial charge in [0.15, 0.2) is 0 Å². The van der Waals surface area contributed by atoms with Crippen LogP contribution in [0.5, 0.6) is 0 Å². The van der Waals surface area contributed by atoms with Crippen molar-refractivity contribution in [3.05, 3.63) is 15.0 Å². The van der Waals surface area contributed by atoms with E-state index in [2.05, 4.69) is 4.98 Å². The van der Waals surface area contributed by atoms with Gasteiger partial charge in [0.05, 0.1) is 0 Å². The van der Waals surface area contributed by atoms with Gasteiger partial charge in [0.2, 0.25) is 10.6 Å². The average Bonchev–Trinajstić information content (AvgIpc) is 2.41. The molecule has 0 aliphatic carbocycles. The number of alkyl halides is 3. The van der Waals surface area contributed by atoms with Crippen molar-refractivity contribution in [3.8, 4) is 0 Å². The lowest BCUT2D eigenvalue weighted by atomic mass is 10.3. The minimum Gasteiger partial charge on any atom is -0.540 e. The molecule has 0 saturated heterocycles. The zero-order valence-corrected chi connectivity index (χ0v) is 8.96. The monoisotopic (exact) mass is 259 g/mol. The van der Waals surface area contributed by atoms with Gasteiger partial charge in [0.1, 0.15) is 11.7 Å². The van der Waals surface area contributed by atoms with Crippen molar-refractivity contribution in [2.75, 3.05) is 0 Å². The third-order valence-corrected chi connectivity index (χ3v) is 4.18. The lowest BCUT2D eigenvalue weighted by molar-refractivity contribution is -0.255. The Hall–Kier alpha value is -0.820. The Morgan fingerprint density at radius 1 is 1.60 bits per heavy atom. The molecule has 0 saturated carbocycles. The highest BCUT2D eigenvalue weighted by Crippen LogP contribution is 2.42. The number of carboxylic acids is 1. The lowest BCUT2D eigenvalue weighted by Crippen LogP contribution is -2.25. The van der Waals surface area contributed by atoms with Crippen LogP contribution in [0.1, 0.15) is 22.3 Å². The summed E-state index contributed by atoms with van der Waals surface area (Å²) in [4.78, 5) is 12.8. The van der Waals surface area contributed by atoms with Gasteiger partial charge in [-0.05, 0) is 18.5 Å². The van der Waals surface area contributed by atoms with Crippen LogP contribution in [0, 0.1) is 0 Å². The molecule has 1 unspecified atom stereocenters. The molecule has 0 bridgehead atoms. The molecule has 0 aliphatic rings. The van der Waals surface area contributed by atoms with E-state index < -0.39 is 33.2 Å². The molecule has 8 heteroatoms. The summed E-state index contributed by atoms with van der Waals surface area (Å²) in [5.74, 6) is -1.71. The fourth-order valence-corrected chi connectivity index (χ4v) is 3.18. The number of halogens is 4. The number of thiazole rings is 1. The molecule has 0 aliphatic heterocycles. The Kier molecular flexibility index (Phi) is 3.25. The van der Waals surface area contributed by atoms with Gasteiger partial charge in [-0.2, -0.15) is 18.2 Å². The third kappa shape index (κ3) is 2.23. The van der Waals surface area contributed by atoms with Crippen molar-refractivity contribution in [3.63, 3.8) is 0 Å². The Morgan fingerprint density at radius 3 is 2.47 bits per heavy atom. The molecule has 1 atom stereocenters. The van der Waals surface area contributed by atoms with E-state index in [0.717, 1.165) is 0 Å². The molecule has 1 aromatic rings. The Morgan fingerprint density at radius 2 is 2.13 bits per heavy atom. The van der Waals surface area contributed by atoms with E-state index in [1.165, 1.54) is 6.92 Å². The highest BCUT2D eigenvalue weighted by Gasteiger charge is 2.44. The van der Waals surface area contributed by atoms with Crippen molar-refractivity contribution in [1.29, 1.82) is 0 Å². The van der Waals surface area contributed by atoms with Crippen molar-refractivity contribution < 1.29 is 23.1 Å². The molecule has 1 aromatic heterocycles. The Labute approximate surface area is 90.5 Å². The molecule has 3 nitrogen and oxygen atoms in total. The van der Waals surface area contributed by atoms with Crippen LogP contribution in [-0.2, 0) is 11.9 Å². The fraction of sp³-hybridized carbons (Fsp3) is 0.429. The maximum Gasteiger partial charge on any atom is 0.439 e. The van der Waals surface area contributed by atoms with Gasteiger partial charge in [-0.1, -0.05) is 0 Å². The summed E-state index contributed by atoms with van der Waals surface area (Å²) < 4.78 is 36.7. The highest BCUT2D eigenvalue weighted by molar-refractivity contribution is 7.35. The van der Waals surface area contributed by atoms with E-state index in [0.29, 0.717) is 0 Å². The number of nitrogens with zero attached hydrogens (tertiary/aromatic N) is 1. The van der Waals surface area contributed by atoms with E-state index in [4.69, 9.17) is 11.6 Å². The maximum absolute atomic E-state index is 12.3. The smallest absolute Gasteiger partial charge is 0.439 e. The minimum atomic E-state index is -4.81. The standard InChI is InChI=1S/C7H5ClF3NO2S/c1-2-15-3(5(13)14)4(7(9,10)11)12-6(15)8/h2H2,1H3. The van der Waals surface area contributed by atoms with Crippen LogP contribution in [0.15, 0.2) is 0 Å². The van der Waals surface area contributed by atoms with E-state index in [-0.39, 0.29) is 10.2 Å². The first kappa shape index (κ1) is 12.3. The molecular formula is C7H5ClF3NO2S. The number of hydrogen-bond donors (Lipinski definition) is 0. The molecule has 0 N–H and O–H groups in total. The first-order valence-electron chi connectivity index (χ1n) is 3.77. The average molecular weight is 260 g/mol. The summed E-state index contributed by atoms with van der Waals surface area (Å²) in [5, 5.41) is 10.6. The first-order valence-corrected chi connectivity index (χ1v) is 5.54. The largest absolute Gasteiger partial charge is 0.540 e. The number of rotatable bonds is 2. The van der Waals surface area contributed by atoms with Crippen LogP contribution in [0.4, 0.5) is 13.2 Å². The van der Waals surface area contributed by atoms with Gasteiger partial charge < -0.3 is 9.90 Å². The van der Waals surface area contributed by atoms with Crippen molar-refractivity contribution in [1.82, 2.24) is 4.98 Å². The molecule has 0 radical (unpaired) electrons. The maximum atomic E-state index is 12.3. The summed E-state index contributed by atoms with van der Waals surface area (Å²) in [6.07, 6.45) is -4.81. The second kappa shape index (κ2) is 3.97. The van der Waals surface area contributed by atoms with Crippen molar-refractivity contribution in [2.45, 2.75) is 18.9 Å². The molecular weight excluding hydrogens is 255 g/mol. The summed E-state index contributed by atoms with van der Waals surface area (Å²) in [6.45, 7) is 1.53. The number of carboxylic acid groups (broad SMARTS) is 1. The zero-order chi connectivity index (χ0) is 11.8. The minimum absolute atomic E-state index is 0.158. The number of carbonyl (C=O) groups is 1. The predicted molar refractivity (Wildman–Crippen MR) is 46.7 cm³/mol. The Balaban J connectivity index is 3.47. The second-order valence-electron chi connectivity index (χ2n) is 2.51. The van der Waals surface area contributed by atoms with E-state index >= 15 is 0 Å². The van der Waals surface area contributed by atoms with Crippen LogP contribution in [0.3, 0.4) is 0 Å². The van der Waals surface area contributed by atoms with Gasteiger partial charge in [-0.3, -0.25) is 0 Å². The van der Waals surface area contributed by atoms with Gasteiger partial charge in [0, 0.05) is 10.5 Å². The summed E-state index contributed by atoms with van der Waals surface area (Å²) in [6, 6.07) is 0. The van der Waals surface area contributed by atoms with Gasteiger partial charge in [0.25, 0.3) is 0 Å². The molecule has 15 heavy (non-hydrogen) atoms. The molecule has 1 heterocycles. The summed E-state index contributed by atoms with van der Waals surface area (Å²) in [7, 11) is -1.31. The quantitative estimate of drug-likeness (QED) is 0.762. The van der Waals surface area contributed by atoms with E-state index in [9.17, 15) is 23.1 Å². The van der Waals surface area contributed by atoms with Gasteiger partial charge in [-0.15, -0.1) is 0 Å². The van der Waals surface area contributed by atoms with Crippen molar-refractivity contribution >= 4 is 28.0 Å². The summed E-state index contributed by atoms with van der Waals surface area (Å²) in [5.41, 5.74) is -1.45. The molecule has 1 rings (SSSR count). The predicted octanol–water partition coefficient (Wildman–Crippen LogP) is 1.89. The highest BCUT2D eigenvalue weighted by atomic mass is 35.5. The molecule has 0 amide bonds.